The molecule has 0 bridgehead atoms. The maximum Gasteiger partial charge on any atom is 0.203 e. The molecule has 0 aliphatic heterocycles. The van der Waals surface area contributed by atoms with Gasteiger partial charge in [0.2, 0.25) is 5.95 Å². The van der Waals surface area contributed by atoms with E-state index in [-0.39, 0.29) is 11.8 Å². The lowest BCUT2D eigenvalue weighted by atomic mass is 10.4. The molecule has 0 amide bonds. The third-order valence-electron chi connectivity index (χ3n) is 2.15. The predicted molar refractivity (Wildman–Crippen MR) is 70.0 cm³/mol. The van der Waals surface area contributed by atoms with E-state index in [1.165, 1.54) is 6.26 Å². The number of nitrogens with zero attached hydrogens (tertiary/aromatic N) is 2. The lowest BCUT2D eigenvalue weighted by molar-refractivity contribution is 0.597. The largest absolute Gasteiger partial charge is 0.352 e. The zero-order chi connectivity index (χ0) is 13.1. The summed E-state index contributed by atoms with van der Waals surface area (Å²) in [5, 5.41) is 3.10. The number of hydrogen-bond donors (Lipinski definition) is 1. The van der Waals surface area contributed by atoms with Gasteiger partial charge in [-0.3, -0.25) is 0 Å². The van der Waals surface area contributed by atoms with Crippen LogP contribution in [0, 0.1) is 6.92 Å². The van der Waals surface area contributed by atoms with E-state index < -0.39 is 9.84 Å². The summed E-state index contributed by atoms with van der Waals surface area (Å²) in [4.78, 5) is 4.31. The summed E-state index contributed by atoms with van der Waals surface area (Å²) in [5.74, 6) is 0.769. The molecule has 1 aromatic rings. The second kappa shape index (κ2) is 5.35. The fraction of sp³-hybridized carbons (Fsp3) is 0.545. The van der Waals surface area contributed by atoms with E-state index in [0.29, 0.717) is 12.5 Å². The molecule has 1 N–H and O–H groups in total. The van der Waals surface area contributed by atoms with Crippen molar-refractivity contribution >= 4 is 15.8 Å². The lowest BCUT2D eigenvalue weighted by Crippen LogP contribution is -2.26. The molecule has 1 unspecified atom stereocenters. The monoisotopic (exact) mass is 257 g/mol. The molecule has 0 fully saturated rings. The molecule has 1 rings (SSSR count). The van der Waals surface area contributed by atoms with Crippen molar-refractivity contribution in [2.45, 2.75) is 26.4 Å². The highest BCUT2D eigenvalue weighted by Crippen LogP contribution is 2.10. The third kappa shape index (κ3) is 4.60. The zero-order valence-electron chi connectivity index (χ0n) is 10.5. The topological polar surface area (TPSA) is 64.0 Å². The SMILES string of the molecule is C=CCn1cc(C)nc1NC(C)CS(C)(=O)=O. The number of hydrogen-bond acceptors (Lipinski definition) is 4. The van der Waals surface area contributed by atoms with Gasteiger partial charge in [-0.1, -0.05) is 6.08 Å². The molecule has 0 aromatic carbocycles. The van der Waals surface area contributed by atoms with Crippen molar-refractivity contribution < 1.29 is 8.42 Å². The zero-order valence-corrected chi connectivity index (χ0v) is 11.3. The highest BCUT2D eigenvalue weighted by molar-refractivity contribution is 7.90. The molecular weight excluding hydrogens is 238 g/mol. The first-order chi connectivity index (χ1) is 7.81. The Labute approximate surface area is 102 Å². The van der Waals surface area contributed by atoms with Gasteiger partial charge in [0.15, 0.2) is 0 Å². The second-order valence-corrected chi connectivity index (χ2v) is 6.47. The van der Waals surface area contributed by atoms with E-state index in [2.05, 4.69) is 16.9 Å². The summed E-state index contributed by atoms with van der Waals surface area (Å²) >= 11 is 0. The quantitative estimate of drug-likeness (QED) is 0.778. The van der Waals surface area contributed by atoms with E-state index >= 15 is 0 Å². The van der Waals surface area contributed by atoms with Crippen LogP contribution in [-0.4, -0.2) is 36.0 Å². The maximum absolute atomic E-state index is 11.2. The molecule has 1 heterocycles. The average Bonchev–Trinajstić information content (AvgIpc) is 2.43. The van der Waals surface area contributed by atoms with Crippen LogP contribution < -0.4 is 5.32 Å². The third-order valence-corrected chi connectivity index (χ3v) is 3.26. The first-order valence-electron chi connectivity index (χ1n) is 5.40. The lowest BCUT2D eigenvalue weighted by Gasteiger charge is -2.14. The molecule has 0 saturated heterocycles. The maximum atomic E-state index is 11.2. The van der Waals surface area contributed by atoms with Crippen molar-refractivity contribution in [3.63, 3.8) is 0 Å². The molecule has 0 saturated carbocycles. The van der Waals surface area contributed by atoms with Gasteiger partial charge < -0.3 is 9.88 Å². The van der Waals surface area contributed by atoms with Crippen LogP contribution in [-0.2, 0) is 16.4 Å². The van der Waals surface area contributed by atoms with Gasteiger partial charge in [0.25, 0.3) is 0 Å². The summed E-state index contributed by atoms with van der Waals surface area (Å²) in [6, 6.07) is -0.171. The van der Waals surface area contributed by atoms with Crippen LogP contribution in [0.3, 0.4) is 0 Å². The standard InChI is InChI=1S/C11H19N3O2S/c1-5-6-14-7-9(2)12-11(14)13-10(3)8-17(4,15)16/h5,7,10H,1,6,8H2,2-4H3,(H,12,13). The Morgan fingerprint density at radius 3 is 2.82 bits per heavy atom. The number of anilines is 1. The van der Waals surface area contributed by atoms with Gasteiger partial charge in [-0.2, -0.15) is 0 Å². The van der Waals surface area contributed by atoms with Crippen molar-refractivity contribution in [3.05, 3.63) is 24.5 Å². The minimum absolute atomic E-state index is 0.0903. The minimum atomic E-state index is -2.98. The molecule has 17 heavy (non-hydrogen) atoms. The number of imidazole rings is 1. The van der Waals surface area contributed by atoms with Gasteiger partial charge in [-0.25, -0.2) is 13.4 Å². The highest BCUT2D eigenvalue weighted by Gasteiger charge is 2.13. The van der Waals surface area contributed by atoms with E-state index in [1.807, 2.05) is 24.6 Å². The molecule has 1 atom stereocenters. The van der Waals surface area contributed by atoms with Crippen LogP contribution in [0.1, 0.15) is 12.6 Å². The van der Waals surface area contributed by atoms with Crippen LogP contribution in [0.4, 0.5) is 5.95 Å². The molecule has 0 aliphatic rings. The van der Waals surface area contributed by atoms with Gasteiger partial charge >= 0.3 is 0 Å². The summed E-state index contributed by atoms with van der Waals surface area (Å²) < 4.78 is 24.2. The van der Waals surface area contributed by atoms with Crippen molar-refractivity contribution in [3.8, 4) is 0 Å². The average molecular weight is 257 g/mol. The van der Waals surface area contributed by atoms with Crippen LogP contribution in [0.25, 0.3) is 0 Å². The Morgan fingerprint density at radius 1 is 1.65 bits per heavy atom. The summed E-state index contributed by atoms with van der Waals surface area (Å²) in [7, 11) is -2.98. The number of aromatic nitrogens is 2. The van der Waals surface area contributed by atoms with Gasteiger partial charge in [0.05, 0.1) is 11.4 Å². The molecule has 5 nitrogen and oxygen atoms in total. The van der Waals surface area contributed by atoms with Crippen LogP contribution >= 0.6 is 0 Å². The Hall–Kier alpha value is -1.30. The van der Waals surface area contributed by atoms with Crippen molar-refractivity contribution in [1.82, 2.24) is 9.55 Å². The highest BCUT2D eigenvalue weighted by atomic mass is 32.2. The molecule has 1 aromatic heterocycles. The molecule has 0 radical (unpaired) electrons. The van der Waals surface area contributed by atoms with Crippen LogP contribution in [0.2, 0.25) is 0 Å². The van der Waals surface area contributed by atoms with Crippen molar-refractivity contribution in [2.24, 2.45) is 0 Å². The molecular formula is C11H19N3O2S. The fourth-order valence-corrected chi connectivity index (χ4v) is 2.65. The number of rotatable bonds is 6. The van der Waals surface area contributed by atoms with Gasteiger partial charge in [0, 0.05) is 25.0 Å². The van der Waals surface area contributed by atoms with Gasteiger partial charge in [-0.15, -0.1) is 6.58 Å². The van der Waals surface area contributed by atoms with E-state index in [4.69, 9.17) is 0 Å². The number of aryl methyl sites for hydroxylation is 1. The minimum Gasteiger partial charge on any atom is -0.352 e. The van der Waals surface area contributed by atoms with E-state index in [9.17, 15) is 8.42 Å². The first kappa shape index (κ1) is 13.8. The number of nitrogens with one attached hydrogen (secondary N) is 1. The number of allylic oxidation sites excluding steroid dienone is 1. The molecule has 96 valence electrons. The van der Waals surface area contributed by atoms with Crippen LogP contribution in [0.5, 0.6) is 0 Å². The Morgan fingerprint density at radius 2 is 2.29 bits per heavy atom. The molecule has 6 heteroatoms. The first-order valence-corrected chi connectivity index (χ1v) is 7.47. The number of sulfone groups is 1. The van der Waals surface area contributed by atoms with E-state index in [0.717, 1.165) is 5.69 Å². The van der Waals surface area contributed by atoms with Crippen molar-refractivity contribution in [2.75, 3.05) is 17.3 Å². The summed E-state index contributed by atoms with van der Waals surface area (Å²) in [5.41, 5.74) is 0.890. The molecule has 0 spiro atoms. The van der Waals surface area contributed by atoms with Gasteiger partial charge in [0.1, 0.15) is 9.84 Å². The Balaban J connectivity index is 2.76. The van der Waals surface area contributed by atoms with Crippen molar-refractivity contribution in [1.29, 1.82) is 0 Å². The fourth-order valence-electron chi connectivity index (χ4n) is 1.66. The Kier molecular flexibility index (Phi) is 4.34. The smallest absolute Gasteiger partial charge is 0.203 e. The van der Waals surface area contributed by atoms with E-state index in [1.54, 1.807) is 6.08 Å². The summed E-state index contributed by atoms with van der Waals surface area (Å²) in [6.45, 7) is 8.04. The van der Waals surface area contributed by atoms with Crippen LogP contribution in [0.15, 0.2) is 18.9 Å². The predicted octanol–water partition coefficient (Wildman–Crippen LogP) is 1.22. The molecule has 0 aliphatic carbocycles. The second-order valence-electron chi connectivity index (χ2n) is 4.28. The van der Waals surface area contributed by atoms with Gasteiger partial charge in [-0.05, 0) is 13.8 Å². The normalized spacial score (nSPS) is 13.4. The summed E-state index contributed by atoms with van der Waals surface area (Å²) in [6.07, 6.45) is 4.90. The Bertz CT molecular complexity index is 491.